The zero-order chi connectivity index (χ0) is 7.23. The summed E-state index contributed by atoms with van der Waals surface area (Å²) in [5.41, 5.74) is 3.72. The first-order valence-corrected chi connectivity index (χ1v) is 3.11. The zero-order valence-electron chi connectivity index (χ0n) is 5.67. The van der Waals surface area contributed by atoms with Gasteiger partial charge in [0.05, 0.1) is 0 Å². The van der Waals surface area contributed by atoms with Crippen LogP contribution in [-0.4, -0.2) is 6.21 Å². The molecule has 1 radical (unpaired) electrons. The van der Waals surface area contributed by atoms with Gasteiger partial charge in [-0.05, 0) is 18.1 Å². The van der Waals surface area contributed by atoms with Gasteiger partial charge in [-0.3, -0.25) is 5.43 Å². The maximum Gasteiger partial charge on any atom is 0.115 e. The van der Waals surface area contributed by atoms with Crippen molar-refractivity contribution in [3.63, 3.8) is 0 Å². The molecule has 0 amide bonds. The van der Waals surface area contributed by atoms with Crippen LogP contribution in [-0.2, 0) is 0 Å². The summed E-state index contributed by atoms with van der Waals surface area (Å²) in [5, 5.41) is 3.77. The fourth-order valence-corrected chi connectivity index (χ4v) is 0.655. The Labute approximate surface area is 60.6 Å². The topological polar surface area (TPSA) is 24.4 Å². The highest BCUT2D eigenvalue weighted by molar-refractivity contribution is 5.79. The summed E-state index contributed by atoms with van der Waals surface area (Å²) in [6.07, 6.45) is 11.1. The number of rotatable bonds is 2. The number of allylic oxidation sites excluding steroid dienone is 4. The van der Waals surface area contributed by atoms with E-state index in [1.807, 2.05) is 18.2 Å². The van der Waals surface area contributed by atoms with Crippen LogP contribution in [0.15, 0.2) is 41.7 Å². The van der Waals surface area contributed by atoms with Gasteiger partial charge in [-0.1, -0.05) is 12.2 Å². The molecule has 10 heavy (non-hydrogen) atoms. The first kappa shape index (κ1) is 6.81. The smallest absolute Gasteiger partial charge is 0.115 e. The molecule has 1 rings (SSSR count). The van der Waals surface area contributed by atoms with Crippen LogP contribution in [0, 0.1) is 0 Å². The van der Waals surface area contributed by atoms with Crippen molar-refractivity contribution in [2.45, 2.75) is 6.42 Å². The molecule has 2 heteroatoms. The van der Waals surface area contributed by atoms with Crippen molar-refractivity contribution in [2.24, 2.45) is 5.10 Å². The van der Waals surface area contributed by atoms with Crippen LogP contribution < -0.4 is 5.43 Å². The van der Waals surface area contributed by atoms with Crippen molar-refractivity contribution in [2.75, 3.05) is 0 Å². The van der Waals surface area contributed by atoms with Crippen LogP contribution in [0.5, 0.6) is 0 Å². The predicted octanol–water partition coefficient (Wildman–Crippen LogP) is 1.47. The van der Waals surface area contributed by atoms with Crippen LogP contribution >= 0.6 is 0 Å². The summed E-state index contributed by atoms with van der Waals surface area (Å²) >= 11 is 0. The first-order chi connectivity index (χ1) is 4.93. The van der Waals surface area contributed by atoms with Gasteiger partial charge in [-0.15, -0.1) is 6.58 Å². The summed E-state index contributed by atoms with van der Waals surface area (Å²) in [7, 11) is 0. The van der Waals surface area contributed by atoms with Crippen molar-refractivity contribution in [3.8, 4) is 0 Å². The molecule has 0 aromatic carbocycles. The molecule has 0 aromatic heterocycles. The van der Waals surface area contributed by atoms with Crippen LogP contribution in [0.2, 0.25) is 0 Å². The molecule has 2 nitrogen and oxygen atoms in total. The second kappa shape index (κ2) is 3.67. The number of nitrogens with one attached hydrogen (secondary N) is 1. The molecule has 1 heterocycles. The number of hydrogen-bond donors (Lipinski definition) is 1. The van der Waals surface area contributed by atoms with Gasteiger partial charge in [0.25, 0.3) is 0 Å². The third-order valence-electron chi connectivity index (χ3n) is 1.10. The minimum Gasteiger partial charge on any atom is -0.285 e. The second-order valence-corrected chi connectivity index (χ2v) is 1.90. The summed E-state index contributed by atoms with van der Waals surface area (Å²) < 4.78 is 0. The summed E-state index contributed by atoms with van der Waals surface area (Å²) in [4.78, 5) is 0. The molecule has 0 aliphatic carbocycles. The molecule has 0 spiro atoms. The minimum absolute atomic E-state index is 0.815. The van der Waals surface area contributed by atoms with E-state index >= 15 is 0 Å². The fraction of sp³-hybridized carbons (Fsp3) is 0.125. The largest absolute Gasteiger partial charge is 0.285 e. The van der Waals surface area contributed by atoms with Gasteiger partial charge in [0.1, 0.15) is 6.21 Å². The molecule has 1 aliphatic rings. The van der Waals surface area contributed by atoms with Crippen molar-refractivity contribution in [1.82, 2.24) is 5.43 Å². The van der Waals surface area contributed by atoms with Crippen molar-refractivity contribution >= 4 is 6.21 Å². The minimum atomic E-state index is 0.815. The predicted molar refractivity (Wildman–Crippen MR) is 42.6 cm³/mol. The molecule has 0 saturated carbocycles. The quantitative estimate of drug-likeness (QED) is 0.567. The lowest BCUT2D eigenvalue weighted by atomic mass is 10.2. The van der Waals surface area contributed by atoms with E-state index in [-0.39, 0.29) is 0 Å². The number of hydrogen-bond acceptors (Lipinski definition) is 2. The molecular formula is C8H9N2. The summed E-state index contributed by atoms with van der Waals surface area (Å²) in [6, 6.07) is 0. The van der Waals surface area contributed by atoms with E-state index in [1.165, 1.54) is 0 Å². The van der Waals surface area contributed by atoms with Gasteiger partial charge in [0.2, 0.25) is 0 Å². The average molecular weight is 133 g/mol. The third-order valence-corrected chi connectivity index (χ3v) is 1.10. The van der Waals surface area contributed by atoms with E-state index < -0.39 is 0 Å². The Bertz CT molecular complexity index is 199. The van der Waals surface area contributed by atoms with Crippen LogP contribution in [0.4, 0.5) is 0 Å². The Hall–Kier alpha value is -1.31. The van der Waals surface area contributed by atoms with E-state index in [0.29, 0.717) is 0 Å². The van der Waals surface area contributed by atoms with Gasteiger partial charge in [-0.25, -0.2) is 0 Å². The number of hydrazone groups is 1. The molecule has 0 fully saturated rings. The van der Waals surface area contributed by atoms with E-state index in [1.54, 1.807) is 6.20 Å². The molecule has 0 bridgehead atoms. The first-order valence-electron chi connectivity index (χ1n) is 3.11. The highest BCUT2D eigenvalue weighted by Gasteiger charge is 1.90. The van der Waals surface area contributed by atoms with Crippen molar-refractivity contribution in [1.29, 1.82) is 0 Å². The second-order valence-electron chi connectivity index (χ2n) is 1.90. The van der Waals surface area contributed by atoms with Crippen molar-refractivity contribution in [3.05, 3.63) is 36.6 Å². The lowest BCUT2D eigenvalue weighted by Gasteiger charge is -1.88. The Morgan fingerprint density at radius 2 is 2.70 bits per heavy atom. The lowest BCUT2D eigenvalue weighted by molar-refractivity contribution is 0.978. The molecule has 0 unspecified atom stereocenters. The molecule has 51 valence electrons. The Kier molecular flexibility index (Phi) is 2.49. The van der Waals surface area contributed by atoms with E-state index in [0.717, 1.165) is 12.0 Å². The molecule has 1 aliphatic heterocycles. The van der Waals surface area contributed by atoms with Gasteiger partial charge < -0.3 is 0 Å². The normalized spacial score (nSPS) is 15.4. The molecule has 0 aromatic rings. The number of nitrogens with zero attached hydrogens (tertiary/aromatic N) is 1. The molecule has 0 atom stereocenters. The van der Waals surface area contributed by atoms with Gasteiger partial charge in [0, 0.05) is 6.20 Å². The lowest BCUT2D eigenvalue weighted by Crippen LogP contribution is -1.91. The highest BCUT2D eigenvalue weighted by Crippen LogP contribution is 2.00. The van der Waals surface area contributed by atoms with Gasteiger partial charge >= 0.3 is 0 Å². The third kappa shape index (κ3) is 1.90. The van der Waals surface area contributed by atoms with E-state index in [2.05, 4.69) is 23.3 Å². The average Bonchev–Trinajstić information content (AvgIpc) is 2.17. The summed E-state index contributed by atoms with van der Waals surface area (Å²) in [6.45, 7) is 3.62. The molecule has 1 N–H and O–H groups in total. The maximum absolute atomic E-state index is 3.77. The molecule has 0 saturated heterocycles. The van der Waals surface area contributed by atoms with Crippen LogP contribution in [0.25, 0.3) is 0 Å². The van der Waals surface area contributed by atoms with Gasteiger partial charge in [-0.2, -0.15) is 5.10 Å². The monoisotopic (exact) mass is 133 g/mol. The van der Waals surface area contributed by atoms with Crippen LogP contribution in [0.3, 0.4) is 0 Å². The van der Waals surface area contributed by atoms with E-state index in [9.17, 15) is 0 Å². The maximum atomic E-state index is 3.77. The standard InChI is InChI=1S/C8H9N2/c1-2-4-8-5-3-6-9-10-7-8/h2-3,5-6,9H,1,4H2. The van der Waals surface area contributed by atoms with Crippen LogP contribution in [0.1, 0.15) is 6.42 Å². The SMILES string of the molecule is C=CCC1=CC=CNN=[C]1. The highest BCUT2D eigenvalue weighted by atomic mass is 15.3. The Morgan fingerprint density at radius 3 is 3.50 bits per heavy atom. The van der Waals surface area contributed by atoms with Crippen molar-refractivity contribution < 1.29 is 0 Å². The molecular weight excluding hydrogens is 124 g/mol. The zero-order valence-corrected chi connectivity index (χ0v) is 5.67. The Morgan fingerprint density at radius 1 is 1.80 bits per heavy atom. The summed E-state index contributed by atoms with van der Waals surface area (Å²) in [5.74, 6) is 0. The van der Waals surface area contributed by atoms with Gasteiger partial charge in [0.15, 0.2) is 0 Å². The fourth-order valence-electron chi connectivity index (χ4n) is 0.655. The Balaban J connectivity index is 2.63. The van der Waals surface area contributed by atoms with E-state index in [4.69, 9.17) is 0 Å².